The average Bonchev–Trinajstić information content (AvgIpc) is 2.52. The smallest absolute Gasteiger partial charge is 0.0891 e. The summed E-state index contributed by atoms with van der Waals surface area (Å²) in [4.78, 5) is 2.30. The van der Waals surface area contributed by atoms with Gasteiger partial charge in [0.2, 0.25) is 0 Å². The third kappa shape index (κ3) is 3.22. The van der Waals surface area contributed by atoms with Gasteiger partial charge in [-0.05, 0) is 32.4 Å². The van der Waals surface area contributed by atoms with Gasteiger partial charge in [-0.1, -0.05) is 0 Å². The van der Waals surface area contributed by atoms with Gasteiger partial charge in [0.1, 0.15) is 0 Å². The molecule has 0 aromatic carbocycles. The fourth-order valence-electron chi connectivity index (χ4n) is 1.11. The molecule has 70 valence electrons. The van der Waals surface area contributed by atoms with Gasteiger partial charge in [-0.15, -0.1) is 23.2 Å². The topological polar surface area (TPSA) is 20.2 Å². The Bertz CT molecular complexity index is 316. The van der Waals surface area contributed by atoms with Crippen LogP contribution in [-0.2, 0) is 0 Å². The molecule has 0 bridgehead atoms. The summed E-state index contributed by atoms with van der Waals surface area (Å²) in [6.07, 6.45) is 1.18. The van der Waals surface area contributed by atoms with Crippen LogP contribution in [0, 0.1) is 18.8 Å². The standard InChI is InChI=1S/C11H14OS/c1-3-4-5-6-10(12)11-8-7-9(2)13-11/h7-8,10,12H,5-6H2,1-2H3. The van der Waals surface area contributed by atoms with Gasteiger partial charge in [-0.25, -0.2) is 0 Å². The van der Waals surface area contributed by atoms with E-state index in [2.05, 4.69) is 11.8 Å². The van der Waals surface area contributed by atoms with E-state index in [1.54, 1.807) is 11.3 Å². The Hall–Kier alpha value is -0.780. The molecular weight excluding hydrogens is 180 g/mol. The lowest BCUT2D eigenvalue weighted by molar-refractivity contribution is 0.173. The van der Waals surface area contributed by atoms with Gasteiger partial charge >= 0.3 is 0 Å². The Morgan fingerprint density at radius 2 is 2.31 bits per heavy atom. The highest BCUT2D eigenvalue weighted by Gasteiger charge is 2.07. The number of hydrogen-bond donors (Lipinski definition) is 1. The Morgan fingerprint density at radius 3 is 2.85 bits per heavy atom. The second-order valence-electron chi connectivity index (χ2n) is 2.93. The molecule has 0 spiro atoms. The molecule has 1 nitrogen and oxygen atoms in total. The van der Waals surface area contributed by atoms with Crippen LogP contribution in [0.15, 0.2) is 12.1 Å². The maximum absolute atomic E-state index is 9.70. The van der Waals surface area contributed by atoms with Crippen molar-refractivity contribution in [1.29, 1.82) is 0 Å². The van der Waals surface area contributed by atoms with Crippen molar-refractivity contribution in [3.8, 4) is 11.8 Å². The molecule has 0 aliphatic carbocycles. The van der Waals surface area contributed by atoms with Crippen LogP contribution in [0.4, 0.5) is 0 Å². The Morgan fingerprint density at radius 1 is 1.54 bits per heavy atom. The fourth-order valence-corrected chi connectivity index (χ4v) is 2.01. The van der Waals surface area contributed by atoms with Crippen molar-refractivity contribution in [2.24, 2.45) is 0 Å². The van der Waals surface area contributed by atoms with Gasteiger partial charge in [-0.3, -0.25) is 0 Å². The van der Waals surface area contributed by atoms with E-state index in [0.29, 0.717) is 0 Å². The van der Waals surface area contributed by atoms with E-state index in [1.807, 2.05) is 26.0 Å². The lowest BCUT2D eigenvalue weighted by atomic mass is 10.2. The van der Waals surface area contributed by atoms with Gasteiger partial charge in [0.05, 0.1) is 6.10 Å². The summed E-state index contributed by atoms with van der Waals surface area (Å²) in [6, 6.07) is 4.03. The highest BCUT2D eigenvalue weighted by atomic mass is 32.1. The largest absolute Gasteiger partial charge is 0.388 e. The molecule has 1 aromatic rings. The zero-order chi connectivity index (χ0) is 9.68. The zero-order valence-corrected chi connectivity index (χ0v) is 8.82. The first-order valence-corrected chi connectivity index (χ1v) is 5.19. The van der Waals surface area contributed by atoms with Gasteiger partial charge in [-0.2, -0.15) is 0 Å². The molecule has 0 fully saturated rings. The van der Waals surface area contributed by atoms with Crippen LogP contribution in [-0.4, -0.2) is 5.11 Å². The molecule has 0 saturated heterocycles. The summed E-state index contributed by atoms with van der Waals surface area (Å²) in [6.45, 7) is 3.87. The first-order valence-electron chi connectivity index (χ1n) is 4.38. The van der Waals surface area contributed by atoms with Gasteiger partial charge < -0.3 is 5.11 Å². The van der Waals surface area contributed by atoms with Crippen LogP contribution in [0.3, 0.4) is 0 Å². The van der Waals surface area contributed by atoms with Gasteiger partial charge in [0.15, 0.2) is 0 Å². The number of aryl methyl sites for hydroxylation is 1. The Labute approximate surface area is 83.4 Å². The molecule has 0 radical (unpaired) electrons. The SMILES string of the molecule is CC#CCCC(O)c1ccc(C)s1. The number of aliphatic hydroxyl groups excluding tert-OH is 1. The Balaban J connectivity index is 2.47. The van der Waals surface area contributed by atoms with Crippen molar-refractivity contribution in [3.63, 3.8) is 0 Å². The van der Waals surface area contributed by atoms with Crippen molar-refractivity contribution in [3.05, 3.63) is 21.9 Å². The third-order valence-electron chi connectivity index (χ3n) is 1.81. The van der Waals surface area contributed by atoms with E-state index in [4.69, 9.17) is 0 Å². The maximum atomic E-state index is 9.70. The molecule has 0 aliphatic rings. The van der Waals surface area contributed by atoms with Crippen LogP contribution < -0.4 is 0 Å². The summed E-state index contributed by atoms with van der Waals surface area (Å²) in [5.41, 5.74) is 0. The zero-order valence-electron chi connectivity index (χ0n) is 8.00. The lowest BCUT2D eigenvalue weighted by Crippen LogP contribution is -1.92. The number of hydrogen-bond acceptors (Lipinski definition) is 2. The Kier molecular flexibility index (Phi) is 4.01. The molecule has 1 atom stereocenters. The lowest BCUT2D eigenvalue weighted by Gasteiger charge is -2.04. The second-order valence-corrected chi connectivity index (χ2v) is 4.25. The van der Waals surface area contributed by atoms with E-state index in [9.17, 15) is 5.11 Å². The van der Waals surface area contributed by atoms with Crippen molar-refractivity contribution < 1.29 is 5.11 Å². The molecule has 0 saturated carbocycles. The van der Waals surface area contributed by atoms with Crippen molar-refractivity contribution in [2.75, 3.05) is 0 Å². The van der Waals surface area contributed by atoms with Crippen molar-refractivity contribution in [1.82, 2.24) is 0 Å². The van der Waals surface area contributed by atoms with Crippen LogP contribution in [0.5, 0.6) is 0 Å². The molecule has 1 aromatic heterocycles. The molecule has 1 rings (SSSR count). The normalized spacial score (nSPS) is 11.9. The molecule has 13 heavy (non-hydrogen) atoms. The summed E-state index contributed by atoms with van der Waals surface area (Å²) >= 11 is 1.66. The first-order chi connectivity index (χ1) is 6.24. The van der Waals surface area contributed by atoms with Crippen LogP contribution in [0.2, 0.25) is 0 Å². The average molecular weight is 194 g/mol. The molecule has 1 unspecified atom stereocenters. The maximum Gasteiger partial charge on any atom is 0.0891 e. The predicted octanol–water partition coefficient (Wildman–Crippen LogP) is 2.89. The highest BCUT2D eigenvalue weighted by molar-refractivity contribution is 7.11. The van der Waals surface area contributed by atoms with Crippen molar-refractivity contribution in [2.45, 2.75) is 32.8 Å². The molecule has 0 aliphatic heterocycles. The highest BCUT2D eigenvalue weighted by Crippen LogP contribution is 2.25. The number of thiophene rings is 1. The monoisotopic (exact) mass is 194 g/mol. The molecule has 0 amide bonds. The van der Waals surface area contributed by atoms with Crippen molar-refractivity contribution >= 4 is 11.3 Å². The van der Waals surface area contributed by atoms with E-state index in [1.165, 1.54) is 4.88 Å². The second kappa shape index (κ2) is 5.06. The minimum absolute atomic E-state index is 0.334. The molecule has 2 heteroatoms. The van der Waals surface area contributed by atoms with E-state index >= 15 is 0 Å². The predicted molar refractivity (Wildman–Crippen MR) is 56.7 cm³/mol. The summed E-state index contributed by atoms with van der Waals surface area (Å²) < 4.78 is 0. The van der Waals surface area contributed by atoms with E-state index in [-0.39, 0.29) is 6.10 Å². The van der Waals surface area contributed by atoms with E-state index < -0.39 is 0 Å². The minimum atomic E-state index is -0.334. The summed E-state index contributed by atoms with van der Waals surface area (Å²) in [5.74, 6) is 5.77. The van der Waals surface area contributed by atoms with Gasteiger partial charge in [0, 0.05) is 16.2 Å². The van der Waals surface area contributed by atoms with Gasteiger partial charge in [0.25, 0.3) is 0 Å². The summed E-state index contributed by atoms with van der Waals surface area (Å²) in [5, 5.41) is 9.70. The fraction of sp³-hybridized carbons (Fsp3) is 0.455. The third-order valence-corrected chi connectivity index (χ3v) is 2.91. The minimum Gasteiger partial charge on any atom is -0.388 e. The molecule has 1 N–H and O–H groups in total. The quantitative estimate of drug-likeness (QED) is 0.733. The summed E-state index contributed by atoms with van der Waals surface area (Å²) in [7, 11) is 0. The van der Waals surface area contributed by atoms with Crippen LogP contribution >= 0.6 is 11.3 Å². The molecule has 1 heterocycles. The number of rotatable bonds is 3. The van der Waals surface area contributed by atoms with E-state index in [0.717, 1.165) is 17.7 Å². The number of aliphatic hydroxyl groups is 1. The van der Waals surface area contributed by atoms with Crippen LogP contribution in [0.25, 0.3) is 0 Å². The van der Waals surface area contributed by atoms with Crippen LogP contribution in [0.1, 0.15) is 35.6 Å². The first kappa shape index (κ1) is 10.3. The molecular formula is C11H14OS.